The number of hydrogen-bond donors (Lipinski definition) is 0. The lowest BCUT2D eigenvalue weighted by molar-refractivity contribution is -0.274. The summed E-state index contributed by atoms with van der Waals surface area (Å²) >= 11 is 0. The van der Waals surface area contributed by atoms with Crippen LogP contribution < -0.4 is 4.74 Å². The second-order valence-electron chi connectivity index (χ2n) is 3.95. The first-order chi connectivity index (χ1) is 9.37. The third-order valence-electron chi connectivity index (χ3n) is 2.48. The fraction of sp³-hybridized carbons (Fsp3) is 0.0667. The van der Waals surface area contributed by atoms with E-state index >= 15 is 0 Å². The van der Waals surface area contributed by atoms with Crippen LogP contribution in [0.1, 0.15) is 5.56 Å². The fourth-order valence-corrected chi connectivity index (χ4v) is 1.68. The van der Waals surface area contributed by atoms with Crippen LogP contribution >= 0.6 is 0 Å². The van der Waals surface area contributed by atoms with E-state index in [4.69, 9.17) is 6.42 Å². The third-order valence-corrected chi connectivity index (χ3v) is 2.48. The van der Waals surface area contributed by atoms with Gasteiger partial charge in [-0.1, -0.05) is 18.1 Å². The topological polar surface area (TPSA) is 9.23 Å². The Kier molecular flexibility index (Phi) is 3.66. The van der Waals surface area contributed by atoms with Crippen LogP contribution in [0.25, 0.3) is 11.1 Å². The molecular weight excluding hydrogens is 272 g/mol. The number of ether oxygens (including phenoxy) is 1. The SMILES string of the molecule is C#Cc1cc(OC(F)(F)F)cc(-c2ccc(F)cc2)c1. The standard InChI is InChI=1S/C15H8F4O/c1-2-10-7-12(11-3-5-13(16)6-4-11)9-14(8-10)20-15(17,18)19/h1,3-9H. The fourth-order valence-electron chi connectivity index (χ4n) is 1.68. The lowest BCUT2D eigenvalue weighted by Crippen LogP contribution is -2.17. The molecule has 0 aliphatic rings. The van der Waals surface area contributed by atoms with E-state index in [0.717, 1.165) is 6.07 Å². The molecule has 0 aromatic heterocycles. The Labute approximate surface area is 112 Å². The molecule has 0 unspecified atom stereocenters. The summed E-state index contributed by atoms with van der Waals surface area (Å²) in [5, 5.41) is 0. The van der Waals surface area contributed by atoms with Gasteiger partial charge in [-0.15, -0.1) is 19.6 Å². The van der Waals surface area contributed by atoms with Crippen molar-refractivity contribution in [1.29, 1.82) is 0 Å². The monoisotopic (exact) mass is 280 g/mol. The van der Waals surface area contributed by atoms with Gasteiger partial charge in [-0.25, -0.2) is 4.39 Å². The maximum absolute atomic E-state index is 12.8. The summed E-state index contributed by atoms with van der Waals surface area (Å²) in [7, 11) is 0. The number of benzene rings is 2. The molecule has 2 rings (SSSR count). The minimum absolute atomic E-state index is 0.242. The third kappa shape index (κ3) is 3.51. The van der Waals surface area contributed by atoms with Crippen LogP contribution in [0.5, 0.6) is 5.75 Å². The van der Waals surface area contributed by atoms with Crippen molar-refractivity contribution >= 4 is 0 Å². The van der Waals surface area contributed by atoms with Crippen molar-refractivity contribution in [2.45, 2.75) is 6.36 Å². The van der Waals surface area contributed by atoms with Gasteiger partial charge in [0.15, 0.2) is 0 Å². The molecule has 0 heterocycles. The van der Waals surface area contributed by atoms with Crippen LogP contribution in [0.2, 0.25) is 0 Å². The molecule has 0 saturated carbocycles. The van der Waals surface area contributed by atoms with E-state index in [1.807, 2.05) is 0 Å². The molecule has 20 heavy (non-hydrogen) atoms. The molecule has 0 bridgehead atoms. The van der Waals surface area contributed by atoms with Crippen LogP contribution in [0, 0.1) is 18.2 Å². The molecule has 0 N–H and O–H groups in total. The summed E-state index contributed by atoms with van der Waals surface area (Å²) < 4.78 is 53.4. The molecule has 1 nitrogen and oxygen atoms in total. The molecule has 2 aromatic rings. The van der Waals surface area contributed by atoms with Gasteiger partial charge in [0.25, 0.3) is 0 Å². The molecule has 0 radical (unpaired) electrons. The van der Waals surface area contributed by atoms with Gasteiger partial charge in [0.2, 0.25) is 0 Å². The predicted octanol–water partition coefficient (Wildman–Crippen LogP) is 4.37. The predicted molar refractivity (Wildman–Crippen MR) is 66.5 cm³/mol. The van der Waals surface area contributed by atoms with Gasteiger partial charge in [0, 0.05) is 5.56 Å². The summed E-state index contributed by atoms with van der Waals surface area (Å²) in [6.07, 6.45) is 0.408. The number of rotatable bonds is 2. The Morgan fingerprint density at radius 2 is 1.60 bits per heavy atom. The second kappa shape index (κ2) is 5.25. The second-order valence-corrected chi connectivity index (χ2v) is 3.95. The lowest BCUT2D eigenvalue weighted by Gasteiger charge is -2.11. The zero-order valence-corrected chi connectivity index (χ0v) is 10.0. The van der Waals surface area contributed by atoms with Crippen LogP contribution in [-0.2, 0) is 0 Å². The number of alkyl halides is 3. The highest BCUT2D eigenvalue weighted by Gasteiger charge is 2.31. The maximum Gasteiger partial charge on any atom is 0.573 e. The molecule has 102 valence electrons. The molecule has 0 saturated heterocycles. The van der Waals surface area contributed by atoms with Crippen LogP contribution in [0.3, 0.4) is 0 Å². The Bertz CT molecular complexity index is 651. The largest absolute Gasteiger partial charge is 0.573 e. The lowest BCUT2D eigenvalue weighted by atomic mass is 10.0. The number of terminal acetylenes is 1. The van der Waals surface area contributed by atoms with Gasteiger partial charge in [-0.3, -0.25) is 0 Å². The molecule has 0 amide bonds. The summed E-state index contributed by atoms with van der Waals surface area (Å²) in [6, 6.07) is 9.15. The average Bonchev–Trinajstić information content (AvgIpc) is 2.37. The smallest absolute Gasteiger partial charge is 0.406 e. The quantitative estimate of drug-likeness (QED) is 0.586. The Morgan fingerprint density at radius 3 is 2.15 bits per heavy atom. The van der Waals surface area contributed by atoms with Gasteiger partial charge in [0.05, 0.1) is 0 Å². The Balaban J connectivity index is 2.46. The van der Waals surface area contributed by atoms with Crippen molar-refractivity contribution in [2.24, 2.45) is 0 Å². The van der Waals surface area contributed by atoms with Gasteiger partial charge >= 0.3 is 6.36 Å². The summed E-state index contributed by atoms with van der Waals surface area (Å²) in [5.41, 5.74) is 1.20. The van der Waals surface area contributed by atoms with E-state index in [9.17, 15) is 17.6 Å². The minimum Gasteiger partial charge on any atom is -0.406 e. The van der Waals surface area contributed by atoms with E-state index in [2.05, 4.69) is 10.7 Å². The molecular formula is C15H8F4O. The molecule has 2 aromatic carbocycles. The van der Waals surface area contributed by atoms with Crippen LogP contribution in [-0.4, -0.2) is 6.36 Å². The highest BCUT2D eigenvalue weighted by Crippen LogP contribution is 2.29. The highest BCUT2D eigenvalue weighted by molar-refractivity contribution is 5.67. The molecule has 0 aliphatic carbocycles. The minimum atomic E-state index is -4.80. The first kappa shape index (κ1) is 13.9. The van der Waals surface area contributed by atoms with Gasteiger partial charge < -0.3 is 4.74 Å². The van der Waals surface area contributed by atoms with Gasteiger partial charge in [-0.05, 0) is 41.5 Å². The van der Waals surface area contributed by atoms with E-state index in [-0.39, 0.29) is 5.56 Å². The van der Waals surface area contributed by atoms with Crippen molar-refractivity contribution in [3.05, 3.63) is 53.8 Å². The summed E-state index contributed by atoms with van der Waals surface area (Å²) in [6.45, 7) is 0. The summed E-state index contributed by atoms with van der Waals surface area (Å²) in [4.78, 5) is 0. The van der Waals surface area contributed by atoms with Crippen molar-refractivity contribution in [1.82, 2.24) is 0 Å². The number of hydrogen-bond acceptors (Lipinski definition) is 1. The molecule has 0 fully saturated rings. The summed E-state index contributed by atoms with van der Waals surface area (Å²) in [5.74, 6) is 1.41. The zero-order valence-electron chi connectivity index (χ0n) is 10.0. The molecule has 0 spiro atoms. The van der Waals surface area contributed by atoms with Crippen molar-refractivity contribution < 1.29 is 22.3 Å². The van der Waals surface area contributed by atoms with Crippen molar-refractivity contribution in [3.8, 4) is 29.2 Å². The van der Waals surface area contributed by atoms with Gasteiger partial charge in [-0.2, -0.15) is 0 Å². The van der Waals surface area contributed by atoms with E-state index in [0.29, 0.717) is 11.1 Å². The molecule has 0 aliphatic heterocycles. The Morgan fingerprint density at radius 1 is 0.950 bits per heavy atom. The van der Waals surface area contributed by atoms with E-state index < -0.39 is 17.9 Å². The molecule has 5 heteroatoms. The van der Waals surface area contributed by atoms with Crippen molar-refractivity contribution in [3.63, 3.8) is 0 Å². The maximum atomic E-state index is 12.8. The van der Waals surface area contributed by atoms with Crippen LogP contribution in [0.4, 0.5) is 17.6 Å². The normalized spacial score (nSPS) is 10.9. The van der Waals surface area contributed by atoms with Crippen LogP contribution in [0.15, 0.2) is 42.5 Å². The zero-order chi connectivity index (χ0) is 14.8. The first-order valence-corrected chi connectivity index (χ1v) is 5.51. The van der Waals surface area contributed by atoms with E-state index in [1.54, 1.807) is 0 Å². The van der Waals surface area contributed by atoms with Gasteiger partial charge in [0.1, 0.15) is 11.6 Å². The molecule has 0 atom stereocenters. The van der Waals surface area contributed by atoms with Crippen molar-refractivity contribution in [2.75, 3.05) is 0 Å². The number of halogens is 4. The highest BCUT2D eigenvalue weighted by atomic mass is 19.4. The Hall–Kier alpha value is -2.48. The van der Waals surface area contributed by atoms with E-state index in [1.165, 1.54) is 36.4 Å². The average molecular weight is 280 g/mol. The first-order valence-electron chi connectivity index (χ1n) is 5.51.